The highest BCUT2D eigenvalue weighted by molar-refractivity contribution is 5.61. The molecular weight excluding hydrogens is 254 g/mol. The number of nitrogen functional groups attached to an aromatic ring is 1. The monoisotopic (exact) mass is 269 g/mol. The summed E-state index contributed by atoms with van der Waals surface area (Å²) in [5.41, 5.74) is 2.26. The summed E-state index contributed by atoms with van der Waals surface area (Å²) < 4.78 is 5.31. The molecule has 2 rings (SSSR count). The fraction of sp³-hybridized carbons (Fsp3) is 0.500. The normalized spacial score (nSPS) is 19.3. The van der Waals surface area contributed by atoms with Crippen LogP contribution in [0.3, 0.4) is 0 Å². The molecule has 0 amide bonds. The summed E-state index contributed by atoms with van der Waals surface area (Å²) in [6.07, 6.45) is -0.371. The van der Waals surface area contributed by atoms with Gasteiger partial charge < -0.3 is 20.2 Å². The number of aromatic nitrogens is 1. The van der Waals surface area contributed by atoms with Gasteiger partial charge in [-0.15, -0.1) is 0 Å². The lowest BCUT2D eigenvalue weighted by atomic mass is 10.2. The van der Waals surface area contributed by atoms with Gasteiger partial charge in [-0.05, 0) is 6.07 Å². The number of pyridine rings is 1. The zero-order valence-electron chi connectivity index (χ0n) is 10.2. The van der Waals surface area contributed by atoms with Gasteiger partial charge in [0, 0.05) is 19.2 Å². The smallest absolute Gasteiger partial charge is 0.311 e. The second-order valence-electron chi connectivity index (χ2n) is 4.06. The van der Waals surface area contributed by atoms with Crippen LogP contribution in [0.4, 0.5) is 17.3 Å². The Kier molecular flexibility index (Phi) is 4.10. The molecule has 9 heteroatoms. The predicted molar refractivity (Wildman–Crippen MR) is 67.7 cm³/mol. The summed E-state index contributed by atoms with van der Waals surface area (Å²) in [5, 5.41) is 20.1. The molecule has 4 N–H and O–H groups in total. The van der Waals surface area contributed by atoms with Gasteiger partial charge in [0.15, 0.2) is 0 Å². The molecule has 0 radical (unpaired) electrons. The largest absolute Gasteiger partial charge is 0.394 e. The fourth-order valence-electron chi connectivity index (χ4n) is 1.92. The Hall–Kier alpha value is -1.97. The molecule has 1 saturated heterocycles. The van der Waals surface area contributed by atoms with Gasteiger partial charge >= 0.3 is 5.69 Å². The number of hydrogen-bond acceptors (Lipinski definition) is 8. The summed E-state index contributed by atoms with van der Waals surface area (Å²) in [6.45, 7) is 1.06. The second-order valence-corrected chi connectivity index (χ2v) is 4.06. The van der Waals surface area contributed by atoms with E-state index in [1.54, 1.807) is 4.90 Å². The molecule has 1 aromatic heterocycles. The van der Waals surface area contributed by atoms with Crippen LogP contribution in [0.2, 0.25) is 0 Å². The van der Waals surface area contributed by atoms with E-state index in [-0.39, 0.29) is 24.2 Å². The Morgan fingerprint density at radius 2 is 2.47 bits per heavy atom. The SMILES string of the molecule is NNc1ccc([N+](=O)[O-])c(N2CCOC(CO)C2)n1. The maximum Gasteiger partial charge on any atom is 0.311 e. The summed E-state index contributed by atoms with van der Waals surface area (Å²) in [5.74, 6) is 5.83. The van der Waals surface area contributed by atoms with Gasteiger partial charge in [-0.1, -0.05) is 0 Å². The topological polar surface area (TPSA) is 127 Å². The minimum Gasteiger partial charge on any atom is -0.394 e. The van der Waals surface area contributed by atoms with Crippen LogP contribution < -0.4 is 16.2 Å². The number of ether oxygens (including phenoxy) is 1. The average Bonchev–Trinajstić information content (AvgIpc) is 2.46. The van der Waals surface area contributed by atoms with Gasteiger partial charge in [-0.25, -0.2) is 10.8 Å². The first-order chi connectivity index (χ1) is 9.15. The van der Waals surface area contributed by atoms with E-state index >= 15 is 0 Å². The van der Waals surface area contributed by atoms with E-state index < -0.39 is 4.92 Å². The van der Waals surface area contributed by atoms with E-state index in [4.69, 9.17) is 15.7 Å². The summed E-state index contributed by atoms with van der Waals surface area (Å²) >= 11 is 0. The van der Waals surface area contributed by atoms with Crippen molar-refractivity contribution in [3.63, 3.8) is 0 Å². The van der Waals surface area contributed by atoms with E-state index in [0.717, 1.165) is 0 Å². The Morgan fingerprint density at radius 1 is 1.68 bits per heavy atom. The second kappa shape index (κ2) is 5.78. The van der Waals surface area contributed by atoms with Gasteiger partial charge in [0.05, 0.1) is 24.2 Å². The van der Waals surface area contributed by atoms with Crippen molar-refractivity contribution in [1.82, 2.24) is 4.98 Å². The van der Waals surface area contributed by atoms with E-state index in [1.165, 1.54) is 12.1 Å². The molecular formula is C10H15N5O4. The quantitative estimate of drug-likeness (QED) is 0.378. The number of anilines is 2. The van der Waals surface area contributed by atoms with Crippen molar-refractivity contribution in [3.8, 4) is 0 Å². The molecule has 104 valence electrons. The lowest BCUT2D eigenvalue weighted by Crippen LogP contribution is -2.44. The molecule has 1 fully saturated rings. The van der Waals surface area contributed by atoms with E-state index in [1.807, 2.05) is 0 Å². The number of nitrogens with zero attached hydrogens (tertiary/aromatic N) is 3. The van der Waals surface area contributed by atoms with Crippen LogP contribution in [0.1, 0.15) is 0 Å². The molecule has 9 nitrogen and oxygen atoms in total. The van der Waals surface area contributed by atoms with Crippen LogP contribution in [0.25, 0.3) is 0 Å². The number of nitrogens with two attached hydrogens (primary N) is 1. The first-order valence-electron chi connectivity index (χ1n) is 5.75. The van der Waals surface area contributed by atoms with Crippen LogP contribution >= 0.6 is 0 Å². The number of aliphatic hydroxyl groups excluding tert-OH is 1. The molecule has 1 unspecified atom stereocenters. The Labute approximate surface area is 109 Å². The Morgan fingerprint density at radius 3 is 3.11 bits per heavy atom. The highest BCUT2D eigenvalue weighted by Crippen LogP contribution is 2.28. The molecule has 2 heterocycles. The summed E-state index contributed by atoms with van der Waals surface area (Å²) in [4.78, 5) is 16.4. The lowest BCUT2D eigenvalue weighted by molar-refractivity contribution is -0.384. The van der Waals surface area contributed by atoms with E-state index in [9.17, 15) is 10.1 Å². The number of hydrogen-bond donors (Lipinski definition) is 3. The standard InChI is InChI=1S/C10H15N5O4/c11-13-9-2-1-8(15(17)18)10(12-9)14-3-4-19-7(5-14)6-16/h1-2,7,16H,3-6,11H2,(H,12,13). The van der Waals surface area contributed by atoms with Crippen molar-refractivity contribution < 1.29 is 14.8 Å². The number of rotatable bonds is 4. The van der Waals surface area contributed by atoms with Gasteiger partial charge in [-0.2, -0.15) is 0 Å². The van der Waals surface area contributed by atoms with Crippen LogP contribution in [0.15, 0.2) is 12.1 Å². The van der Waals surface area contributed by atoms with Gasteiger partial charge in [0.2, 0.25) is 5.82 Å². The number of nitro groups is 1. The highest BCUT2D eigenvalue weighted by atomic mass is 16.6. The predicted octanol–water partition coefficient (Wildman–Crippen LogP) is -0.527. The molecule has 0 spiro atoms. The molecule has 1 atom stereocenters. The summed E-state index contributed by atoms with van der Waals surface area (Å²) in [6, 6.07) is 2.78. The maximum atomic E-state index is 11.0. The number of aliphatic hydroxyl groups is 1. The maximum absolute atomic E-state index is 11.0. The lowest BCUT2D eigenvalue weighted by Gasteiger charge is -2.32. The number of hydrazine groups is 1. The third kappa shape index (κ3) is 2.89. The molecule has 0 bridgehead atoms. The average molecular weight is 269 g/mol. The first-order valence-corrected chi connectivity index (χ1v) is 5.75. The fourth-order valence-corrected chi connectivity index (χ4v) is 1.92. The molecule has 1 aliphatic rings. The zero-order chi connectivity index (χ0) is 13.8. The van der Waals surface area contributed by atoms with E-state index in [2.05, 4.69) is 10.4 Å². The van der Waals surface area contributed by atoms with Crippen molar-refractivity contribution in [2.24, 2.45) is 5.84 Å². The molecule has 0 aliphatic carbocycles. The third-order valence-electron chi connectivity index (χ3n) is 2.84. The molecule has 1 aromatic rings. The third-order valence-corrected chi connectivity index (χ3v) is 2.84. The Balaban J connectivity index is 2.32. The molecule has 19 heavy (non-hydrogen) atoms. The Bertz CT molecular complexity index is 469. The van der Waals surface area contributed by atoms with Crippen molar-refractivity contribution in [3.05, 3.63) is 22.2 Å². The van der Waals surface area contributed by atoms with Crippen molar-refractivity contribution >= 4 is 17.3 Å². The van der Waals surface area contributed by atoms with E-state index in [0.29, 0.717) is 25.5 Å². The minimum atomic E-state index is -0.494. The van der Waals surface area contributed by atoms with Crippen molar-refractivity contribution in [2.45, 2.75) is 6.10 Å². The van der Waals surface area contributed by atoms with Crippen LogP contribution in [0, 0.1) is 10.1 Å². The van der Waals surface area contributed by atoms with Crippen LogP contribution in [-0.4, -0.2) is 47.4 Å². The van der Waals surface area contributed by atoms with Crippen molar-refractivity contribution in [2.75, 3.05) is 36.6 Å². The van der Waals surface area contributed by atoms with Gasteiger partial charge in [0.1, 0.15) is 5.82 Å². The molecule has 1 aliphatic heterocycles. The van der Waals surface area contributed by atoms with Crippen LogP contribution in [0.5, 0.6) is 0 Å². The zero-order valence-corrected chi connectivity index (χ0v) is 10.2. The van der Waals surface area contributed by atoms with Crippen LogP contribution in [-0.2, 0) is 4.74 Å². The molecule has 0 aromatic carbocycles. The minimum absolute atomic E-state index is 0.0995. The van der Waals surface area contributed by atoms with Gasteiger partial charge in [-0.3, -0.25) is 10.1 Å². The summed E-state index contributed by atoms with van der Waals surface area (Å²) in [7, 11) is 0. The highest BCUT2D eigenvalue weighted by Gasteiger charge is 2.27. The first kappa shape index (κ1) is 13.5. The molecule has 0 saturated carbocycles. The van der Waals surface area contributed by atoms with Crippen molar-refractivity contribution in [1.29, 1.82) is 0 Å². The number of nitrogens with one attached hydrogen (secondary N) is 1. The van der Waals surface area contributed by atoms with Gasteiger partial charge in [0.25, 0.3) is 0 Å². The number of morpholine rings is 1.